The predicted molar refractivity (Wildman–Crippen MR) is 65.2 cm³/mol. The Morgan fingerprint density at radius 3 is 2.27 bits per heavy atom. The van der Waals surface area contributed by atoms with E-state index in [9.17, 15) is 4.79 Å². The molecule has 15 heavy (non-hydrogen) atoms. The zero-order valence-corrected chi connectivity index (χ0v) is 9.92. The lowest BCUT2D eigenvalue weighted by Gasteiger charge is -2.20. The van der Waals surface area contributed by atoms with Crippen LogP contribution in [0.4, 0.5) is 0 Å². The zero-order valence-electron chi connectivity index (χ0n) is 9.92. The molecule has 1 aromatic carbocycles. The van der Waals surface area contributed by atoms with Gasteiger partial charge in [0.25, 0.3) is 0 Å². The van der Waals surface area contributed by atoms with Crippen molar-refractivity contribution in [2.24, 2.45) is 0 Å². The lowest BCUT2D eigenvalue weighted by Crippen LogP contribution is -2.12. The highest BCUT2D eigenvalue weighted by Crippen LogP contribution is 2.26. The fourth-order valence-corrected chi connectivity index (χ4v) is 1.40. The molecule has 0 atom stereocenters. The van der Waals surface area contributed by atoms with Crippen LogP contribution in [0.3, 0.4) is 0 Å². The molecule has 0 aliphatic rings. The van der Waals surface area contributed by atoms with Gasteiger partial charge in [-0.2, -0.15) is 0 Å². The van der Waals surface area contributed by atoms with Crippen molar-refractivity contribution in [1.82, 2.24) is 0 Å². The van der Waals surface area contributed by atoms with Gasteiger partial charge in [-0.25, -0.2) is 0 Å². The molecule has 0 amide bonds. The molecular formula is C14H18O. The minimum absolute atomic E-state index is 0.0588. The Morgan fingerprint density at radius 2 is 1.87 bits per heavy atom. The number of hydrogen-bond donors (Lipinski definition) is 0. The molecule has 0 saturated heterocycles. The summed E-state index contributed by atoms with van der Waals surface area (Å²) in [5.74, 6) is 0. The molecule has 1 rings (SSSR count). The second-order valence-corrected chi connectivity index (χ2v) is 4.99. The maximum absolute atomic E-state index is 10.8. The summed E-state index contributed by atoms with van der Waals surface area (Å²) in [7, 11) is 0. The molecule has 0 aliphatic carbocycles. The van der Waals surface area contributed by atoms with Crippen LogP contribution in [0, 0.1) is 0 Å². The van der Waals surface area contributed by atoms with Crippen molar-refractivity contribution in [3.05, 3.63) is 41.5 Å². The number of rotatable bonds is 2. The Hall–Kier alpha value is -1.37. The first-order valence-electron chi connectivity index (χ1n) is 5.11. The third-order valence-electron chi connectivity index (χ3n) is 2.45. The van der Waals surface area contributed by atoms with Gasteiger partial charge in [-0.15, -0.1) is 0 Å². The van der Waals surface area contributed by atoms with Crippen molar-refractivity contribution in [3.8, 4) is 0 Å². The normalized spacial score (nSPS) is 11.2. The highest BCUT2D eigenvalue weighted by molar-refractivity contribution is 5.78. The van der Waals surface area contributed by atoms with Gasteiger partial charge >= 0.3 is 0 Å². The fraction of sp³-hybridized carbons (Fsp3) is 0.357. The van der Waals surface area contributed by atoms with Crippen LogP contribution < -0.4 is 0 Å². The van der Waals surface area contributed by atoms with Gasteiger partial charge in [0.2, 0.25) is 0 Å². The lowest BCUT2D eigenvalue weighted by atomic mass is 9.84. The quantitative estimate of drug-likeness (QED) is 0.666. The second kappa shape index (κ2) is 4.01. The summed E-state index contributed by atoms with van der Waals surface area (Å²) in [6, 6.07) is 5.93. The molecule has 0 heterocycles. The Balaban J connectivity index is 3.36. The third-order valence-corrected chi connectivity index (χ3v) is 2.45. The van der Waals surface area contributed by atoms with Crippen LogP contribution >= 0.6 is 0 Å². The van der Waals surface area contributed by atoms with Gasteiger partial charge in [0.1, 0.15) is 6.29 Å². The number of aldehydes is 1. The van der Waals surface area contributed by atoms with Crippen molar-refractivity contribution in [3.63, 3.8) is 0 Å². The number of benzene rings is 1. The van der Waals surface area contributed by atoms with Crippen molar-refractivity contribution in [2.75, 3.05) is 0 Å². The molecule has 0 radical (unpaired) electrons. The minimum Gasteiger partial charge on any atom is -0.298 e. The molecule has 1 nitrogen and oxygen atoms in total. The first-order valence-corrected chi connectivity index (χ1v) is 5.11. The first-order chi connectivity index (χ1) is 6.84. The average Bonchev–Trinajstić information content (AvgIpc) is 2.15. The molecule has 0 N–H and O–H groups in total. The molecule has 0 unspecified atom stereocenters. The largest absolute Gasteiger partial charge is 0.298 e. The highest BCUT2D eigenvalue weighted by atomic mass is 16.1. The average molecular weight is 202 g/mol. The zero-order chi connectivity index (χ0) is 11.6. The summed E-state index contributed by atoms with van der Waals surface area (Å²) in [5.41, 5.74) is 3.99. The smallest absolute Gasteiger partial charge is 0.150 e. The molecule has 0 fully saturated rings. The fourth-order valence-electron chi connectivity index (χ4n) is 1.40. The Morgan fingerprint density at radius 1 is 1.27 bits per heavy atom. The van der Waals surface area contributed by atoms with Crippen LogP contribution in [-0.4, -0.2) is 6.29 Å². The molecule has 0 aliphatic heterocycles. The molecule has 1 heteroatoms. The molecule has 0 aromatic heterocycles. The molecule has 0 spiro atoms. The van der Waals surface area contributed by atoms with E-state index in [1.807, 2.05) is 19.1 Å². The van der Waals surface area contributed by atoms with E-state index in [0.29, 0.717) is 0 Å². The minimum atomic E-state index is 0.0588. The highest BCUT2D eigenvalue weighted by Gasteiger charge is 2.15. The van der Waals surface area contributed by atoms with Gasteiger partial charge in [-0.05, 0) is 35.6 Å². The van der Waals surface area contributed by atoms with Crippen LogP contribution in [-0.2, 0) is 5.41 Å². The standard InChI is InChI=1S/C14H18O/c1-10(2)12-6-11(9-15)7-13(8-12)14(3,4)5/h6-9H,1H2,2-5H3. The van der Waals surface area contributed by atoms with Crippen molar-refractivity contribution >= 4 is 11.9 Å². The number of carbonyl (C=O) groups excluding carboxylic acids is 1. The maximum Gasteiger partial charge on any atom is 0.150 e. The Labute approximate surface area is 91.8 Å². The topological polar surface area (TPSA) is 17.1 Å². The van der Waals surface area contributed by atoms with E-state index in [0.717, 1.165) is 23.0 Å². The number of carbonyl (C=O) groups is 1. The van der Waals surface area contributed by atoms with Crippen LogP contribution in [0.25, 0.3) is 5.57 Å². The van der Waals surface area contributed by atoms with Crippen LogP contribution in [0.2, 0.25) is 0 Å². The molecule has 0 saturated carbocycles. The van der Waals surface area contributed by atoms with Gasteiger partial charge in [0.05, 0.1) is 0 Å². The third kappa shape index (κ3) is 2.79. The van der Waals surface area contributed by atoms with E-state index in [2.05, 4.69) is 33.4 Å². The Kier molecular flexibility index (Phi) is 3.13. The Bertz CT molecular complexity index is 394. The van der Waals surface area contributed by atoms with Crippen LogP contribution in [0.15, 0.2) is 24.8 Å². The van der Waals surface area contributed by atoms with Gasteiger partial charge < -0.3 is 0 Å². The summed E-state index contributed by atoms with van der Waals surface area (Å²) in [4.78, 5) is 10.8. The van der Waals surface area contributed by atoms with Crippen LogP contribution in [0.5, 0.6) is 0 Å². The molecular weight excluding hydrogens is 184 g/mol. The molecule has 80 valence electrons. The van der Waals surface area contributed by atoms with E-state index in [1.54, 1.807) is 0 Å². The summed E-state index contributed by atoms with van der Waals surface area (Å²) < 4.78 is 0. The summed E-state index contributed by atoms with van der Waals surface area (Å²) in [5, 5.41) is 0. The van der Waals surface area contributed by atoms with Crippen molar-refractivity contribution < 1.29 is 4.79 Å². The van der Waals surface area contributed by atoms with E-state index in [4.69, 9.17) is 0 Å². The summed E-state index contributed by atoms with van der Waals surface area (Å²) >= 11 is 0. The summed E-state index contributed by atoms with van der Waals surface area (Å²) in [6.07, 6.45) is 0.891. The van der Waals surface area contributed by atoms with E-state index in [1.165, 1.54) is 5.56 Å². The van der Waals surface area contributed by atoms with Gasteiger partial charge in [-0.1, -0.05) is 39.0 Å². The van der Waals surface area contributed by atoms with E-state index in [-0.39, 0.29) is 5.41 Å². The van der Waals surface area contributed by atoms with Crippen molar-refractivity contribution in [2.45, 2.75) is 33.1 Å². The number of hydrogen-bond acceptors (Lipinski definition) is 1. The second-order valence-electron chi connectivity index (χ2n) is 4.99. The maximum atomic E-state index is 10.8. The number of allylic oxidation sites excluding steroid dienone is 1. The van der Waals surface area contributed by atoms with E-state index >= 15 is 0 Å². The first kappa shape index (κ1) is 11.7. The SMILES string of the molecule is C=C(C)c1cc(C=O)cc(C(C)(C)C)c1. The molecule has 0 bridgehead atoms. The molecule has 1 aromatic rings. The monoisotopic (exact) mass is 202 g/mol. The van der Waals surface area contributed by atoms with E-state index < -0.39 is 0 Å². The van der Waals surface area contributed by atoms with Gasteiger partial charge in [0.15, 0.2) is 0 Å². The predicted octanol–water partition coefficient (Wildman–Crippen LogP) is 3.83. The lowest BCUT2D eigenvalue weighted by molar-refractivity contribution is 0.112. The van der Waals surface area contributed by atoms with Crippen LogP contribution in [0.1, 0.15) is 49.2 Å². The van der Waals surface area contributed by atoms with Gasteiger partial charge in [0, 0.05) is 5.56 Å². The summed E-state index contributed by atoms with van der Waals surface area (Å²) in [6.45, 7) is 12.3. The van der Waals surface area contributed by atoms with Crippen molar-refractivity contribution in [1.29, 1.82) is 0 Å². The van der Waals surface area contributed by atoms with Gasteiger partial charge in [-0.3, -0.25) is 4.79 Å².